The Kier molecular flexibility index (Phi) is 4.87. The number of nitrogens with one attached hydrogen (secondary N) is 1. The molecule has 1 aliphatic rings. The first-order valence-electron chi connectivity index (χ1n) is 8.01. The third-order valence-electron chi connectivity index (χ3n) is 4.07. The molecule has 1 aromatic carbocycles. The van der Waals surface area contributed by atoms with Crippen LogP contribution in [0.5, 0.6) is 0 Å². The minimum atomic E-state index is -0.442. The van der Waals surface area contributed by atoms with Gasteiger partial charge in [0.05, 0.1) is 11.3 Å². The second-order valence-corrected chi connectivity index (χ2v) is 6.79. The highest BCUT2D eigenvalue weighted by Gasteiger charge is 2.31. The van der Waals surface area contributed by atoms with Crippen LogP contribution >= 0.6 is 11.6 Å². The fourth-order valence-electron chi connectivity index (χ4n) is 2.62. The van der Waals surface area contributed by atoms with Crippen LogP contribution in [0.4, 0.5) is 5.69 Å². The number of amides is 1. The highest BCUT2D eigenvalue weighted by atomic mass is 35.5. The van der Waals surface area contributed by atoms with Crippen LogP contribution in [0.15, 0.2) is 22.7 Å². The average Bonchev–Trinajstić information content (AvgIpc) is 3.18. The normalized spacial score (nSPS) is 20.5. The number of carbonyl (C=O) groups excluding carboxylic acids is 1. The van der Waals surface area contributed by atoms with E-state index in [0.717, 1.165) is 6.42 Å². The summed E-state index contributed by atoms with van der Waals surface area (Å²) in [7, 11) is 0. The number of hydrogen-bond acceptors (Lipinski definition) is 5. The second-order valence-electron chi connectivity index (χ2n) is 6.35. The van der Waals surface area contributed by atoms with Crippen LogP contribution in [0.2, 0.25) is 5.02 Å². The van der Waals surface area contributed by atoms with Gasteiger partial charge in [0.2, 0.25) is 0 Å². The molecule has 7 heteroatoms. The molecule has 1 aliphatic heterocycles. The fraction of sp³-hybridized carbons (Fsp3) is 0.471. The van der Waals surface area contributed by atoms with Crippen molar-refractivity contribution in [1.82, 2.24) is 10.1 Å². The lowest BCUT2D eigenvalue weighted by atomic mass is 10.0. The van der Waals surface area contributed by atoms with Crippen molar-refractivity contribution in [3.8, 4) is 11.5 Å². The Morgan fingerprint density at radius 3 is 2.83 bits per heavy atom. The van der Waals surface area contributed by atoms with Crippen LogP contribution in [0.25, 0.3) is 11.5 Å². The lowest BCUT2D eigenvalue weighted by molar-refractivity contribution is -0.126. The molecule has 1 saturated heterocycles. The van der Waals surface area contributed by atoms with Gasteiger partial charge in [0.1, 0.15) is 6.10 Å². The van der Waals surface area contributed by atoms with E-state index < -0.39 is 6.10 Å². The predicted octanol–water partition coefficient (Wildman–Crippen LogP) is 3.88. The van der Waals surface area contributed by atoms with Crippen molar-refractivity contribution in [1.29, 1.82) is 0 Å². The number of nitrogens with zero attached hydrogens (tertiary/aromatic N) is 2. The molecule has 0 radical (unpaired) electrons. The highest BCUT2D eigenvalue weighted by molar-refractivity contribution is 6.31. The van der Waals surface area contributed by atoms with Crippen molar-refractivity contribution >= 4 is 23.2 Å². The van der Waals surface area contributed by atoms with E-state index in [4.69, 9.17) is 20.9 Å². The summed E-state index contributed by atoms with van der Waals surface area (Å²) < 4.78 is 10.8. The van der Waals surface area contributed by atoms with Crippen LogP contribution in [-0.4, -0.2) is 28.8 Å². The van der Waals surface area contributed by atoms with Crippen LogP contribution in [0.3, 0.4) is 0 Å². The number of aromatic nitrogens is 2. The van der Waals surface area contributed by atoms with Gasteiger partial charge in [0.25, 0.3) is 11.8 Å². The summed E-state index contributed by atoms with van der Waals surface area (Å²) in [6.45, 7) is 6.57. The first-order valence-corrected chi connectivity index (χ1v) is 8.39. The van der Waals surface area contributed by atoms with E-state index in [0.29, 0.717) is 34.6 Å². The minimum Gasteiger partial charge on any atom is -0.368 e. The Hall–Kier alpha value is -1.92. The Labute approximate surface area is 145 Å². The standard InChI is InChI=1S/C17H20ClN3O3/c1-9(2)15-20-17(24-21-15)12-8-11(18)4-5-13(12)19-16(22)14-10(3)6-7-23-14/h4-5,8-10,14H,6-7H2,1-3H3,(H,19,22)/t10-,14+/m0/s1. The van der Waals surface area contributed by atoms with Gasteiger partial charge in [0, 0.05) is 17.5 Å². The first-order chi connectivity index (χ1) is 11.5. The Bertz CT molecular complexity index is 744. The molecule has 0 spiro atoms. The first kappa shape index (κ1) is 16.9. The van der Waals surface area contributed by atoms with Gasteiger partial charge < -0.3 is 14.6 Å². The molecule has 0 aliphatic carbocycles. The summed E-state index contributed by atoms with van der Waals surface area (Å²) in [6, 6.07) is 5.14. The van der Waals surface area contributed by atoms with Crippen LogP contribution in [0, 0.1) is 5.92 Å². The molecule has 0 unspecified atom stereocenters. The number of hydrogen-bond donors (Lipinski definition) is 1. The molecule has 2 heterocycles. The Morgan fingerprint density at radius 2 is 2.21 bits per heavy atom. The summed E-state index contributed by atoms with van der Waals surface area (Å²) in [5.74, 6) is 1.10. The number of carbonyl (C=O) groups is 1. The molecule has 1 amide bonds. The zero-order valence-electron chi connectivity index (χ0n) is 13.9. The molecule has 3 rings (SSSR count). The minimum absolute atomic E-state index is 0.146. The summed E-state index contributed by atoms with van der Waals surface area (Å²) >= 11 is 6.10. The molecule has 1 aromatic heterocycles. The molecule has 1 fully saturated rings. The van der Waals surface area contributed by atoms with E-state index in [1.54, 1.807) is 18.2 Å². The number of rotatable bonds is 4. The fourth-order valence-corrected chi connectivity index (χ4v) is 2.79. The van der Waals surface area contributed by atoms with Crippen molar-refractivity contribution in [2.75, 3.05) is 11.9 Å². The zero-order valence-corrected chi connectivity index (χ0v) is 14.6. The Morgan fingerprint density at radius 1 is 1.42 bits per heavy atom. The van der Waals surface area contributed by atoms with Gasteiger partial charge in [-0.25, -0.2) is 0 Å². The molecular weight excluding hydrogens is 330 g/mol. The summed E-state index contributed by atoms with van der Waals surface area (Å²) in [5, 5.41) is 7.39. The van der Waals surface area contributed by atoms with E-state index in [2.05, 4.69) is 15.5 Å². The van der Waals surface area contributed by atoms with Crippen LogP contribution < -0.4 is 5.32 Å². The van der Waals surface area contributed by atoms with E-state index >= 15 is 0 Å². The molecule has 1 N–H and O–H groups in total. The Balaban J connectivity index is 1.89. The lowest BCUT2D eigenvalue weighted by Gasteiger charge is -2.15. The van der Waals surface area contributed by atoms with Crippen molar-refractivity contribution in [3.05, 3.63) is 29.0 Å². The molecule has 24 heavy (non-hydrogen) atoms. The zero-order chi connectivity index (χ0) is 17.3. The smallest absolute Gasteiger partial charge is 0.260 e. The third-order valence-corrected chi connectivity index (χ3v) is 4.31. The van der Waals surface area contributed by atoms with Crippen molar-refractivity contribution in [2.45, 2.75) is 39.2 Å². The SMILES string of the molecule is CC(C)c1noc(-c2cc(Cl)ccc2NC(=O)[C@@H]2OCC[C@@H]2C)n1. The largest absolute Gasteiger partial charge is 0.368 e. The van der Waals surface area contributed by atoms with Gasteiger partial charge in [-0.05, 0) is 30.5 Å². The van der Waals surface area contributed by atoms with Gasteiger partial charge in [-0.3, -0.25) is 4.79 Å². The summed E-state index contributed by atoms with van der Waals surface area (Å²) in [6.07, 6.45) is 0.440. The monoisotopic (exact) mass is 349 g/mol. The maximum absolute atomic E-state index is 12.5. The number of halogens is 1. The quantitative estimate of drug-likeness (QED) is 0.906. The van der Waals surface area contributed by atoms with E-state index in [9.17, 15) is 4.79 Å². The molecule has 0 saturated carbocycles. The topological polar surface area (TPSA) is 77.2 Å². The summed E-state index contributed by atoms with van der Waals surface area (Å²) in [5.41, 5.74) is 1.17. The predicted molar refractivity (Wildman–Crippen MR) is 91.0 cm³/mol. The maximum Gasteiger partial charge on any atom is 0.260 e. The van der Waals surface area contributed by atoms with E-state index in [-0.39, 0.29) is 17.7 Å². The van der Waals surface area contributed by atoms with Crippen molar-refractivity contribution in [3.63, 3.8) is 0 Å². The van der Waals surface area contributed by atoms with E-state index in [1.165, 1.54) is 0 Å². The highest BCUT2D eigenvalue weighted by Crippen LogP contribution is 2.31. The van der Waals surface area contributed by atoms with Crippen LogP contribution in [-0.2, 0) is 9.53 Å². The lowest BCUT2D eigenvalue weighted by Crippen LogP contribution is -2.31. The summed E-state index contributed by atoms with van der Waals surface area (Å²) in [4.78, 5) is 16.9. The van der Waals surface area contributed by atoms with E-state index in [1.807, 2.05) is 20.8 Å². The van der Waals surface area contributed by atoms with Crippen molar-refractivity contribution < 1.29 is 14.1 Å². The van der Waals surface area contributed by atoms with Gasteiger partial charge in [-0.2, -0.15) is 4.98 Å². The third kappa shape index (κ3) is 3.44. The average molecular weight is 350 g/mol. The molecule has 6 nitrogen and oxygen atoms in total. The molecule has 128 valence electrons. The van der Waals surface area contributed by atoms with Gasteiger partial charge in [-0.1, -0.05) is 37.5 Å². The number of anilines is 1. The van der Waals surface area contributed by atoms with Gasteiger partial charge in [-0.15, -0.1) is 0 Å². The van der Waals surface area contributed by atoms with Gasteiger partial charge in [0.15, 0.2) is 5.82 Å². The molecule has 0 bridgehead atoms. The second kappa shape index (κ2) is 6.91. The number of ether oxygens (including phenoxy) is 1. The van der Waals surface area contributed by atoms with Crippen LogP contribution in [0.1, 0.15) is 38.9 Å². The number of benzene rings is 1. The maximum atomic E-state index is 12.5. The molecule has 2 atom stereocenters. The molecular formula is C17H20ClN3O3. The van der Waals surface area contributed by atoms with Crippen molar-refractivity contribution in [2.24, 2.45) is 5.92 Å². The van der Waals surface area contributed by atoms with Gasteiger partial charge >= 0.3 is 0 Å². The molecule has 2 aromatic rings.